The third kappa shape index (κ3) is 3.86. The molecule has 5 atom stereocenters. The normalized spacial score (nSPS) is 28.2. The van der Waals surface area contributed by atoms with E-state index in [2.05, 4.69) is 32.7 Å². The highest BCUT2D eigenvalue weighted by atomic mass is 35.5. The second-order valence-corrected chi connectivity index (χ2v) is 9.67. The number of hydrogen-bond donors (Lipinski definition) is 0. The van der Waals surface area contributed by atoms with E-state index in [1.807, 2.05) is 46.0 Å². The number of rotatable bonds is 6. The maximum absolute atomic E-state index is 6.45. The summed E-state index contributed by atoms with van der Waals surface area (Å²) in [5.41, 5.74) is 2.97. The van der Waals surface area contributed by atoms with Crippen molar-refractivity contribution in [2.45, 2.75) is 69.9 Å². The van der Waals surface area contributed by atoms with E-state index in [0.29, 0.717) is 11.8 Å². The summed E-state index contributed by atoms with van der Waals surface area (Å²) in [4.78, 5) is 8.63. The minimum absolute atomic E-state index is 0.0506. The number of fused-ring (bicyclic) bond motifs is 2. The molecule has 1 saturated heterocycles. The second kappa shape index (κ2) is 8.32. The molecule has 1 aliphatic heterocycles. The highest BCUT2D eigenvalue weighted by Gasteiger charge is 2.55. The van der Waals surface area contributed by atoms with Crippen LogP contribution in [0.5, 0.6) is 0 Å². The van der Waals surface area contributed by atoms with Crippen molar-refractivity contribution in [3.05, 3.63) is 59.1 Å². The van der Waals surface area contributed by atoms with E-state index in [9.17, 15) is 0 Å². The van der Waals surface area contributed by atoms with Crippen LogP contribution >= 0.6 is 11.6 Å². The molecule has 2 aliphatic rings. The van der Waals surface area contributed by atoms with Crippen LogP contribution < -0.4 is 0 Å². The average Bonchev–Trinajstić information content (AvgIpc) is 3.45. The molecule has 1 aliphatic carbocycles. The zero-order valence-corrected chi connectivity index (χ0v) is 20.4. The summed E-state index contributed by atoms with van der Waals surface area (Å²) in [6, 6.07) is 10.4. The van der Waals surface area contributed by atoms with Crippen LogP contribution in [-0.2, 0) is 24.7 Å². The molecule has 2 fully saturated rings. The lowest BCUT2D eigenvalue weighted by Crippen LogP contribution is -2.29. The number of ether oxygens (including phenoxy) is 4. The first-order valence-corrected chi connectivity index (χ1v) is 11.8. The minimum Gasteiger partial charge on any atom is -0.349 e. The van der Waals surface area contributed by atoms with Gasteiger partial charge in [-0.15, -0.1) is 0 Å². The first-order chi connectivity index (χ1) is 15.8. The van der Waals surface area contributed by atoms with E-state index >= 15 is 0 Å². The van der Waals surface area contributed by atoms with Crippen LogP contribution in [0, 0.1) is 0 Å². The molecule has 7 nitrogen and oxygen atoms in total. The second-order valence-electron chi connectivity index (χ2n) is 9.31. The van der Waals surface area contributed by atoms with Gasteiger partial charge in [-0.05, 0) is 45.7 Å². The van der Waals surface area contributed by atoms with Gasteiger partial charge in [-0.3, -0.25) is 0 Å². The number of methoxy groups -OCH3 is 1. The smallest absolute Gasteiger partial charge is 0.191 e. The fourth-order valence-electron chi connectivity index (χ4n) is 5.35. The van der Waals surface area contributed by atoms with E-state index in [0.717, 1.165) is 23.0 Å². The van der Waals surface area contributed by atoms with Crippen LogP contribution in [0.4, 0.5) is 0 Å². The van der Waals surface area contributed by atoms with Crippen molar-refractivity contribution in [1.82, 2.24) is 14.5 Å². The van der Waals surface area contributed by atoms with Crippen LogP contribution in [0.1, 0.15) is 57.2 Å². The number of halogens is 1. The Morgan fingerprint density at radius 3 is 2.76 bits per heavy atom. The summed E-state index contributed by atoms with van der Waals surface area (Å²) in [6.07, 6.45) is 4.18. The molecule has 0 spiro atoms. The van der Waals surface area contributed by atoms with Crippen LogP contribution in [-0.4, -0.2) is 46.2 Å². The van der Waals surface area contributed by atoms with E-state index in [1.54, 1.807) is 7.11 Å². The molecule has 3 aromatic rings. The van der Waals surface area contributed by atoms with Crippen molar-refractivity contribution < 1.29 is 18.9 Å². The fourth-order valence-corrected chi connectivity index (χ4v) is 5.54. The third-order valence-corrected chi connectivity index (χ3v) is 7.20. The molecule has 1 aromatic carbocycles. The van der Waals surface area contributed by atoms with Gasteiger partial charge in [-0.1, -0.05) is 35.9 Å². The van der Waals surface area contributed by atoms with Gasteiger partial charge in [0.1, 0.15) is 23.2 Å². The summed E-state index contributed by atoms with van der Waals surface area (Å²) in [7, 11) is 1.67. The SMILES string of the molecule is CCOC(C)(OC)c1cccc([C@H]2C[C@@H](n3ccc4c(Cl)ncnc43)[C@@H]3OC(C)(C)O[C@@H]32)c1. The molecule has 0 bridgehead atoms. The highest BCUT2D eigenvalue weighted by Crippen LogP contribution is 2.51. The summed E-state index contributed by atoms with van der Waals surface area (Å²) in [6.45, 7) is 8.42. The lowest BCUT2D eigenvalue weighted by atomic mass is 9.92. The van der Waals surface area contributed by atoms with Crippen molar-refractivity contribution in [3.63, 3.8) is 0 Å². The first kappa shape index (κ1) is 22.7. The summed E-state index contributed by atoms with van der Waals surface area (Å²) >= 11 is 6.31. The zero-order chi connectivity index (χ0) is 23.4. The van der Waals surface area contributed by atoms with Crippen LogP contribution in [0.2, 0.25) is 5.15 Å². The zero-order valence-electron chi connectivity index (χ0n) is 19.6. The van der Waals surface area contributed by atoms with Gasteiger partial charge in [0.25, 0.3) is 0 Å². The topological polar surface area (TPSA) is 67.6 Å². The summed E-state index contributed by atoms with van der Waals surface area (Å²) in [5.74, 6) is -1.33. The van der Waals surface area contributed by atoms with Gasteiger partial charge < -0.3 is 23.5 Å². The molecule has 2 aromatic heterocycles. The molecular formula is C25H30ClN3O4. The predicted octanol–water partition coefficient (Wildman–Crippen LogP) is 5.19. The summed E-state index contributed by atoms with van der Waals surface area (Å²) < 4.78 is 26.7. The van der Waals surface area contributed by atoms with Crippen molar-refractivity contribution in [3.8, 4) is 0 Å². The Balaban J connectivity index is 1.54. The van der Waals surface area contributed by atoms with E-state index < -0.39 is 11.6 Å². The van der Waals surface area contributed by atoms with Gasteiger partial charge in [-0.25, -0.2) is 9.97 Å². The Hall–Kier alpha value is -2.03. The molecule has 176 valence electrons. The maximum Gasteiger partial charge on any atom is 0.191 e. The fraction of sp³-hybridized carbons (Fsp3) is 0.520. The quantitative estimate of drug-likeness (QED) is 0.364. The van der Waals surface area contributed by atoms with Crippen LogP contribution in [0.3, 0.4) is 0 Å². The number of benzene rings is 1. The van der Waals surface area contributed by atoms with Gasteiger partial charge >= 0.3 is 0 Å². The lowest BCUT2D eigenvalue weighted by molar-refractivity contribution is -0.216. The Morgan fingerprint density at radius 1 is 1.21 bits per heavy atom. The first-order valence-electron chi connectivity index (χ1n) is 11.4. The Kier molecular flexibility index (Phi) is 5.74. The molecule has 0 radical (unpaired) electrons. The maximum atomic E-state index is 6.45. The van der Waals surface area contributed by atoms with E-state index in [1.165, 1.54) is 11.9 Å². The Morgan fingerprint density at radius 2 is 2.00 bits per heavy atom. The Bertz CT molecular complexity index is 1170. The van der Waals surface area contributed by atoms with Gasteiger partial charge in [0.05, 0.1) is 17.5 Å². The monoisotopic (exact) mass is 471 g/mol. The van der Waals surface area contributed by atoms with Crippen molar-refractivity contribution in [2.75, 3.05) is 13.7 Å². The van der Waals surface area contributed by atoms with Gasteiger partial charge in [0.15, 0.2) is 11.6 Å². The van der Waals surface area contributed by atoms with Crippen molar-refractivity contribution in [1.29, 1.82) is 0 Å². The standard InChI is InChI=1S/C25H30ClN3O4/c1-6-31-25(4,30-5)16-9-7-8-15(12-16)18-13-19(21-20(18)32-24(2,3)33-21)29-11-10-17-22(26)27-14-28-23(17)29/h7-12,14,18-21H,6,13H2,1-5H3/t18-,19-,20-,21+,25?/m1/s1. The van der Waals surface area contributed by atoms with Crippen LogP contribution in [0.15, 0.2) is 42.9 Å². The highest BCUT2D eigenvalue weighted by molar-refractivity contribution is 6.33. The largest absolute Gasteiger partial charge is 0.349 e. The minimum atomic E-state index is -0.807. The lowest BCUT2D eigenvalue weighted by Gasteiger charge is -2.29. The van der Waals surface area contributed by atoms with Crippen molar-refractivity contribution in [2.24, 2.45) is 0 Å². The number of hydrogen-bond acceptors (Lipinski definition) is 6. The number of aromatic nitrogens is 3. The van der Waals surface area contributed by atoms with Crippen LogP contribution in [0.25, 0.3) is 11.0 Å². The molecule has 1 unspecified atom stereocenters. The number of nitrogens with zero attached hydrogens (tertiary/aromatic N) is 3. The molecule has 0 N–H and O–H groups in total. The van der Waals surface area contributed by atoms with Crippen molar-refractivity contribution >= 4 is 22.6 Å². The average molecular weight is 472 g/mol. The molecule has 8 heteroatoms. The molecular weight excluding hydrogens is 442 g/mol. The van der Waals surface area contributed by atoms with E-state index in [-0.39, 0.29) is 24.2 Å². The summed E-state index contributed by atoms with van der Waals surface area (Å²) in [5, 5.41) is 1.29. The predicted molar refractivity (Wildman–Crippen MR) is 125 cm³/mol. The molecule has 1 saturated carbocycles. The molecule has 5 rings (SSSR count). The third-order valence-electron chi connectivity index (χ3n) is 6.90. The van der Waals surface area contributed by atoms with E-state index in [4.69, 9.17) is 30.5 Å². The van der Waals surface area contributed by atoms with Gasteiger partial charge in [-0.2, -0.15) is 0 Å². The molecule has 3 heterocycles. The van der Waals surface area contributed by atoms with Gasteiger partial charge in [0.2, 0.25) is 0 Å². The molecule has 0 amide bonds. The van der Waals surface area contributed by atoms with Gasteiger partial charge in [0, 0.05) is 31.4 Å². The Labute approximate surface area is 199 Å². The molecule has 33 heavy (non-hydrogen) atoms.